The summed E-state index contributed by atoms with van der Waals surface area (Å²) >= 11 is 5.59. The van der Waals surface area contributed by atoms with Crippen molar-refractivity contribution in [1.29, 1.82) is 0 Å². The number of rotatable bonds is 7. The van der Waals surface area contributed by atoms with E-state index in [1.807, 2.05) is 0 Å². The van der Waals surface area contributed by atoms with Crippen molar-refractivity contribution in [2.45, 2.75) is 11.3 Å². The van der Waals surface area contributed by atoms with Gasteiger partial charge in [-0.05, 0) is 18.6 Å². The first-order valence-corrected chi connectivity index (χ1v) is 9.56. The molecule has 0 aromatic heterocycles. The van der Waals surface area contributed by atoms with Gasteiger partial charge in [0.1, 0.15) is 14.9 Å². The summed E-state index contributed by atoms with van der Waals surface area (Å²) in [5.74, 6) is -0.156. The third kappa shape index (κ3) is 5.58. The summed E-state index contributed by atoms with van der Waals surface area (Å²) < 4.78 is 47.8. The summed E-state index contributed by atoms with van der Waals surface area (Å²) in [4.78, 5) is 9.62. The molecule has 0 bridgehead atoms. The molecule has 21 heavy (non-hydrogen) atoms. The van der Waals surface area contributed by atoms with Crippen LogP contribution in [0.25, 0.3) is 0 Å². The fourth-order valence-electron chi connectivity index (χ4n) is 1.42. The molecule has 0 aliphatic rings. The quantitative estimate of drug-likeness (QED) is 0.441. The topological polar surface area (TPSA) is 123 Å². The molecular weight excluding hydrogens is 344 g/mol. The molecule has 8 nitrogen and oxygen atoms in total. The molecule has 0 atom stereocenters. The Balaban J connectivity index is 2.84. The van der Waals surface area contributed by atoms with E-state index in [0.717, 1.165) is 24.5 Å². The Morgan fingerprint density at radius 3 is 2.43 bits per heavy atom. The van der Waals surface area contributed by atoms with Gasteiger partial charge in [0.15, 0.2) is 0 Å². The van der Waals surface area contributed by atoms with Crippen LogP contribution < -0.4 is 4.72 Å². The molecule has 0 amide bonds. The molecule has 0 aliphatic carbocycles. The second-order valence-corrected chi connectivity index (χ2v) is 8.69. The molecule has 0 radical (unpaired) electrons. The monoisotopic (exact) mass is 356 g/mol. The summed E-state index contributed by atoms with van der Waals surface area (Å²) in [7, 11) is -7.13. The Morgan fingerprint density at radius 2 is 1.90 bits per heavy atom. The van der Waals surface area contributed by atoms with Gasteiger partial charge in [-0.3, -0.25) is 10.1 Å². The summed E-state index contributed by atoms with van der Waals surface area (Å²) in [6.45, 7) is -0.0914. The predicted octanol–water partition coefficient (Wildman–Crippen LogP) is 0.961. The van der Waals surface area contributed by atoms with Gasteiger partial charge in [-0.1, -0.05) is 11.6 Å². The number of halogens is 1. The van der Waals surface area contributed by atoms with Gasteiger partial charge in [0.2, 0.25) is 10.0 Å². The van der Waals surface area contributed by atoms with Crippen LogP contribution in [0.2, 0.25) is 5.02 Å². The lowest BCUT2D eigenvalue weighted by molar-refractivity contribution is -0.384. The molecule has 1 aromatic carbocycles. The van der Waals surface area contributed by atoms with Crippen molar-refractivity contribution in [1.82, 2.24) is 4.72 Å². The Labute approximate surface area is 127 Å². The van der Waals surface area contributed by atoms with Gasteiger partial charge in [-0.25, -0.2) is 21.6 Å². The molecule has 1 aromatic rings. The first-order chi connectivity index (χ1) is 9.53. The van der Waals surface area contributed by atoms with Gasteiger partial charge >= 0.3 is 0 Å². The molecular formula is C10H13ClN2O6S2. The molecule has 1 N–H and O–H groups in total. The lowest BCUT2D eigenvalue weighted by atomic mass is 10.3. The number of sulfone groups is 1. The molecule has 11 heteroatoms. The van der Waals surface area contributed by atoms with E-state index in [4.69, 9.17) is 11.6 Å². The number of hydrogen-bond acceptors (Lipinski definition) is 6. The normalized spacial score (nSPS) is 12.3. The molecule has 0 heterocycles. The molecule has 0 spiro atoms. The van der Waals surface area contributed by atoms with Gasteiger partial charge in [0, 0.05) is 18.9 Å². The first-order valence-electron chi connectivity index (χ1n) is 5.64. The Hall–Kier alpha value is -1.23. The van der Waals surface area contributed by atoms with E-state index in [9.17, 15) is 26.9 Å². The van der Waals surface area contributed by atoms with Crippen molar-refractivity contribution in [3.05, 3.63) is 33.3 Å². The fraction of sp³-hybridized carbons (Fsp3) is 0.400. The van der Waals surface area contributed by atoms with E-state index in [1.54, 1.807) is 0 Å². The van der Waals surface area contributed by atoms with E-state index in [2.05, 4.69) is 4.72 Å². The van der Waals surface area contributed by atoms with Gasteiger partial charge in [0.25, 0.3) is 5.69 Å². The third-order valence-electron chi connectivity index (χ3n) is 2.41. The SMILES string of the molecule is CS(=O)(=O)CCCNS(=O)(=O)c1ccc(Cl)c([N+](=O)[O-])c1. The standard InChI is InChI=1S/C10H13ClN2O6S2/c1-20(16,17)6-2-5-12-21(18,19)8-3-4-9(11)10(7-8)13(14)15/h3-4,7,12H,2,5-6H2,1H3. The number of hydrogen-bond donors (Lipinski definition) is 1. The van der Waals surface area contributed by atoms with Crippen LogP contribution in [0, 0.1) is 10.1 Å². The van der Waals surface area contributed by atoms with Gasteiger partial charge < -0.3 is 0 Å². The fourth-order valence-corrected chi connectivity index (χ4v) is 3.37. The molecule has 0 saturated heterocycles. The summed E-state index contributed by atoms with van der Waals surface area (Å²) in [6.07, 6.45) is 1.15. The van der Waals surface area contributed by atoms with E-state index >= 15 is 0 Å². The molecule has 0 aliphatic heterocycles. The molecule has 118 valence electrons. The van der Waals surface area contributed by atoms with Crippen molar-refractivity contribution in [2.75, 3.05) is 18.6 Å². The van der Waals surface area contributed by atoms with Crippen molar-refractivity contribution < 1.29 is 21.8 Å². The number of benzene rings is 1. The minimum Gasteiger partial charge on any atom is -0.258 e. The molecule has 1 rings (SSSR count). The maximum Gasteiger partial charge on any atom is 0.289 e. The number of nitro groups is 1. The van der Waals surface area contributed by atoms with E-state index in [0.29, 0.717) is 0 Å². The van der Waals surface area contributed by atoms with Crippen LogP contribution >= 0.6 is 11.6 Å². The highest BCUT2D eigenvalue weighted by molar-refractivity contribution is 7.90. The number of nitrogens with zero attached hydrogens (tertiary/aromatic N) is 1. The second kappa shape index (κ2) is 6.69. The highest BCUT2D eigenvalue weighted by Gasteiger charge is 2.20. The maximum absolute atomic E-state index is 11.9. The number of sulfonamides is 1. The van der Waals surface area contributed by atoms with Crippen molar-refractivity contribution in [2.24, 2.45) is 0 Å². The molecule has 0 unspecified atom stereocenters. The minimum absolute atomic E-state index is 0.0914. The van der Waals surface area contributed by atoms with Crippen LogP contribution in [-0.4, -0.2) is 40.3 Å². The maximum atomic E-state index is 11.9. The Kier molecular flexibility index (Phi) is 5.68. The summed E-state index contributed by atoms with van der Waals surface area (Å²) in [6, 6.07) is 3.10. The van der Waals surface area contributed by atoms with Crippen LogP contribution in [0.3, 0.4) is 0 Å². The number of nitro benzene ring substituents is 1. The Morgan fingerprint density at radius 1 is 1.29 bits per heavy atom. The predicted molar refractivity (Wildman–Crippen MR) is 77.6 cm³/mol. The van der Waals surface area contributed by atoms with Gasteiger partial charge in [-0.2, -0.15) is 0 Å². The average Bonchev–Trinajstić information content (AvgIpc) is 2.33. The zero-order valence-electron chi connectivity index (χ0n) is 10.9. The largest absolute Gasteiger partial charge is 0.289 e. The molecule has 0 fully saturated rings. The van der Waals surface area contributed by atoms with Gasteiger partial charge in [-0.15, -0.1) is 0 Å². The smallest absolute Gasteiger partial charge is 0.258 e. The van der Waals surface area contributed by atoms with E-state index in [-0.39, 0.29) is 28.6 Å². The van der Waals surface area contributed by atoms with E-state index < -0.39 is 30.5 Å². The lowest BCUT2D eigenvalue weighted by Crippen LogP contribution is -2.26. The second-order valence-electron chi connectivity index (χ2n) is 4.25. The highest BCUT2D eigenvalue weighted by atomic mass is 35.5. The third-order valence-corrected chi connectivity index (χ3v) is 5.22. The van der Waals surface area contributed by atoms with Crippen molar-refractivity contribution in [3.8, 4) is 0 Å². The Bertz CT molecular complexity index is 745. The minimum atomic E-state index is -3.96. The van der Waals surface area contributed by atoms with Crippen molar-refractivity contribution in [3.63, 3.8) is 0 Å². The summed E-state index contributed by atoms with van der Waals surface area (Å²) in [5, 5.41) is 10.5. The van der Waals surface area contributed by atoms with Crippen LogP contribution in [0.1, 0.15) is 6.42 Å². The highest BCUT2D eigenvalue weighted by Crippen LogP contribution is 2.26. The van der Waals surface area contributed by atoms with Gasteiger partial charge in [0.05, 0.1) is 15.6 Å². The summed E-state index contributed by atoms with van der Waals surface area (Å²) in [5.41, 5.74) is -0.518. The van der Waals surface area contributed by atoms with Crippen LogP contribution in [-0.2, 0) is 19.9 Å². The zero-order valence-corrected chi connectivity index (χ0v) is 13.3. The first kappa shape index (κ1) is 17.8. The van der Waals surface area contributed by atoms with Crippen molar-refractivity contribution >= 4 is 37.1 Å². The van der Waals surface area contributed by atoms with Crippen LogP contribution in [0.4, 0.5) is 5.69 Å². The zero-order chi connectivity index (χ0) is 16.3. The van der Waals surface area contributed by atoms with Crippen LogP contribution in [0.5, 0.6) is 0 Å². The van der Waals surface area contributed by atoms with Crippen LogP contribution in [0.15, 0.2) is 23.1 Å². The average molecular weight is 357 g/mol. The number of nitrogens with one attached hydrogen (secondary N) is 1. The lowest BCUT2D eigenvalue weighted by Gasteiger charge is -2.06. The van der Waals surface area contributed by atoms with E-state index in [1.165, 1.54) is 0 Å². The molecule has 0 saturated carbocycles.